The van der Waals surface area contributed by atoms with Gasteiger partial charge in [0.1, 0.15) is 5.60 Å². The first-order valence-corrected chi connectivity index (χ1v) is 9.16. The van der Waals surface area contributed by atoms with Gasteiger partial charge in [0, 0.05) is 24.2 Å². The Morgan fingerprint density at radius 1 is 1.12 bits per heavy atom. The molecule has 2 aliphatic carbocycles. The molecule has 0 aromatic heterocycles. The maximum absolute atomic E-state index is 12.1. The molecule has 2 saturated carbocycles. The molecule has 0 saturated heterocycles. The molecule has 1 aromatic carbocycles. The van der Waals surface area contributed by atoms with E-state index in [0.717, 1.165) is 31.2 Å². The van der Waals surface area contributed by atoms with E-state index >= 15 is 0 Å². The van der Waals surface area contributed by atoms with Crippen molar-refractivity contribution in [1.29, 1.82) is 0 Å². The summed E-state index contributed by atoms with van der Waals surface area (Å²) in [6, 6.07) is 8.52. The van der Waals surface area contributed by atoms with E-state index in [1.165, 1.54) is 0 Å². The molecule has 0 atom stereocenters. The van der Waals surface area contributed by atoms with Gasteiger partial charge >= 0.3 is 5.97 Å². The fourth-order valence-electron chi connectivity index (χ4n) is 2.79. The number of carbonyl (C=O) groups excluding carboxylic acids is 2. The lowest BCUT2D eigenvalue weighted by Crippen LogP contribution is -2.35. The lowest BCUT2D eigenvalue weighted by molar-refractivity contribution is -0.156. The number of nitrogens with one attached hydrogen (secondary N) is 1. The summed E-state index contributed by atoms with van der Waals surface area (Å²) in [4.78, 5) is 26.3. The topological polar surface area (TPSA) is 58.6 Å². The number of esters is 1. The van der Waals surface area contributed by atoms with E-state index in [0.29, 0.717) is 30.7 Å². The fraction of sp³-hybridized carbons (Fsp3) is 0.600. The smallest absolute Gasteiger partial charge is 0.320 e. The second-order valence-corrected chi connectivity index (χ2v) is 8.17. The van der Waals surface area contributed by atoms with Crippen molar-refractivity contribution >= 4 is 11.9 Å². The molecule has 1 amide bonds. The van der Waals surface area contributed by atoms with Gasteiger partial charge in [-0.25, -0.2) is 0 Å². The normalized spacial score (nSPS) is 17.4. The first kappa shape index (κ1) is 17.9. The van der Waals surface area contributed by atoms with E-state index in [-0.39, 0.29) is 11.9 Å². The van der Waals surface area contributed by atoms with Crippen LogP contribution in [-0.4, -0.2) is 41.0 Å². The van der Waals surface area contributed by atoms with E-state index in [2.05, 4.69) is 10.2 Å². The highest BCUT2D eigenvalue weighted by Gasteiger charge is 2.31. The molecule has 0 unspecified atom stereocenters. The third kappa shape index (κ3) is 5.85. The van der Waals surface area contributed by atoms with Gasteiger partial charge < -0.3 is 10.1 Å². The molecule has 0 spiro atoms. The van der Waals surface area contributed by atoms with Crippen molar-refractivity contribution < 1.29 is 14.3 Å². The summed E-state index contributed by atoms with van der Waals surface area (Å²) in [5.74, 6) is -0.179. The minimum Gasteiger partial charge on any atom is -0.459 e. The summed E-state index contributed by atoms with van der Waals surface area (Å²) in [6.07, 6.45) is 4.44. The maximum Gasteiger partial charge on any atom is 0.320 e. The number of carbonyl (C=O) groups is 2. The van der Waals surface area contributed by atoms with E-state index in [1.54, 1.807) is 0 Å². The number of rotatable bonds is 7. The van der Waals surface area contributed by atoms with Crippen molar-refractivity contribution in [2.24, 2.45) is 0 Å². The Morgan fingerprint density at radius 2 is 1.76 bits per heavy atom. The van der Waals surface area contributed by atoms with E-state index in [1.807, 2.05) is 45.0 Å². The molecule has 3 rings (SSSR count). The zero-order valence-electron chi connectivity index (χ0n) is 15.4. The van der Waals surface area contributed by atoms with Crippen molar-refractivity contribution in [2.75, 3.05) is 6.54 Å². The molecule has 1 N–H and O–H groups in total. The van der Waals surface area contributed by atoms with E-state index in [9.17, 15) is 9.59 Å². The molecule has 0 heterocycles. The summed E-state index contributed by atoms with van der Waals surface area (Å²) in [7, 11) is 0. The second kappa shape index (κ2) is 7.16. The highest BCUT2D eigenvalue weighted by molar-refractivity contribution is 5.94. The van der Waals surface area contributed by atoms with Gasteiger partial charge in [-0.1, -0.05) is 12.1 Å². The summed E-state index contributed by atoms with van der Waals surface area (Å²) in [5.41, 5.74) is 1.35. The van der Waals surface area contributed by atoms with Crippen molar-refractivity contribution in [3.63, 3.8) is 0 Å². The lowest BCUT2D eigenvalue weighted by atomic mass is 10.1. The predicted octanol–water partition coefficient (Wildman–Crippen LogP) is 2.88. The Kier molecular flexibility index (Phi) is 5.13. The van der Waals surface area contributed by atoms with E-state index < -0.39 is 5.60 Å². The van der Waals surface area contributed by atoms with Crippen LogP contribution >= 0.6 is 0 Å². The quantitative estimate of drug-likeness (QED) is 0.773. The highest BCUT2D eigenvalue weighted by atomic mass is 16.6. The van der Waals surface area contributed by atoms with Crippen molar-refractivity contribution in [3.8, 4) is 0 Å². The molecular weight excluding hydrogens is 316 g/mol. The van der Waals surface area contributed by atoms with Gasteiger partial charge in [0.2, 0.25) is 0 Å². The SMILES string of the molecule is CC(C)(C)OC(=O)CN(Cc1ccc(C(=O)NC2CC2)cc1)C1CC1. The van der Waals surface area contributed by atoms with Crippen molar-refractivity contribution in [3.05, 3.63) is 35.4 Å². The average Bonchev–Trinajstić information content (AvgIpc) is 3.39. The lowest BCUT2D eigenvalue weighted by Gasteiger charge is -2.25. The van der Waals surface area contributed by atoms with Gasteiger partial charge in [-0.3, -0.25) is 14.5 Å². The fourth-order valence-corrected chi connectivity index (χ4v) is 2.79. The zero-order valence-corrected chi connectivity index (χ0v) is 15.4. The van der Waals surface area contributed by atoms with Gasteiger partial charge in [0.15, 0.2) is 0 Å². The molecule has 136 valence electrons. The first-order valence-electron chi connectivity index (χ1n) is 9.16. The van der Waals surface area contributed by atoms with Crippen LogP contribution in [-0.2, 0) is 16.1 Å². The molecule has 5 nitrogen and oxygen atoms in total. The van der Waals surface area contributed by atoms with Crippen LogP contribution in [0.2, 0.25) is 0 Å². The third-order valence-electron chi connectivity index (χ3n) is 4.33. The Balaban J connectivity index is 1.56. The van der Waals surface area contributed by atoms with Crippen LogP contribution in [0.1, 0.15) is 62.4 Å². The van der Waals surface area contributed by atoms with Crippen LogP contribution in [0.4, 0.5) is 0 Å². The number of hydrogen-bond acceptors (Lipinski definition) is 4. The largest absolute Gasteiger partial charge is 0.459 e. The summed E-state index contributed by atoms with van der Waals surface area (Å²) in [5, 5.41) is 3.00. The number of hydrogen-bond donors (Lipinski definition) is 1. The molecular formula is C20H28N2O3. The maximum atomic E-state index is 12.1. The van der Waals surface area contributed by atoms with Crippen LogP contribution in [0.15, 0.2) is 24.3 Å². The molecule has 0 bridgehead atoms. The predicted molar refractivity (Wildman–Crippen MR) is 96.2 cm³/mol. The Labute approximate surface area is 149 Å². The Morgan fingerprint density at radius 3 is 2.28 bits per heavy atom. The second-order valence-electron chi connectivity index (χ2n) is 8.17. The van der Waals surface area contributed by atoms with Gasteiger partial charge in [-0.15, -0.1) is 0 Å². The number of ether oxygens (including phenoxy) is 1. The minimum atomic E-state index is -0.455. The first-order chi connectivity index (χ1) is 11.8. The highest BCUT2D eigenvalue weighted by Crippen LogP contribution is 2.28. The van der Waals surface area contributed by atoms with Crippen LogP contribution in [0.3, 0.4) is 0 Å². The third-order valence-corrected chi connectivity index (χ3v) is 4.33. The van der Waals surface area contributed by atoms with Crippen LogP contribution in [0.25, 0.3) is 0 Å². The average molecular weight is 344 g/mol. The van der Waals surface area contributed by atoms with Crippen molar-refractivity contribution in [1.82, 2.24) is 10.2 Å². The van der Waals surface area contributed by atoms with Gasteiger partial charge in [0.05, 0.1) is 6.54 Å². The summed E-state index contributed by atoms with van der Waals surface area (Å²) in [6.45, 7) is 6.67. The summed E-state index contributed by atoms with van der Waals surface area (Å²) >= 11 is 0. The van der Waals surface area contributed by atoms with Crippen molar-refractivity contribution in [2.45, 2.75) is 70.7 Å². The van der Waals surface area contributed by atoms with Gasteiger partial charge in [-0.2, -0.15) is 0 Å². The number of nitrogens with zero attached hydrogens (tertiary/aromatic N) is 1. The zero-order chi connectivity index (χ0) is 18.0. The number of benzene rings is 1. The van der Waals surface area contributed by atoms with Crippen LogP contribution < -0.4 is 5.32 Å². The molecule has 25 heavy (non-hydrogen) atoms. The number of amides is 1. The Bertz CT molecular complexity index is 625. The minimum absolute atomic E-state index is 0.00172. The Hall–Kier alpha value is -1.88. The monoisotopic (exact) mass is 344 g/mol. The van der Waals surface area contributed by atoms with Crippen LogP contribution in [0.5, 0.6) is 0 Å². The summed E-state index contributed by atoms with van der Waals surface area (Å²) < 4.78 is 5.44. The van der Waals surface area contributed by atoms with Gasteiger partial charge in [0.25, 0.3) is 5.91 Å². The molecule has 2 fully saturated rings. The van der Waals surface area contributed by atoms with E-state index in [4.69, 9.17) is 4.74 Å². The van der Waals surface area contributed by atoms with Gasteiger partial charge in [-0.05, 0) is 64.2 Å². The standard InChI is InChI=1S/C20H28N2O3/c1-20(2,3)25-18(23)13-22(17-10-11-17)12-14-4-6-15(7-5-14)19(24)21-16-8-9-16/h4-7,16-17H,8-13H2,1-3H3,(H,21,24). The van der Waals surface area contributed by atoms with Crippen LogP contribution in [0, 0.1) is 0 Å². The molecule has 0 aliphatic heterocycles. The molecule has 5 heteroatoms. The molecule has 2 aliphatic rings. The molecule has 0 radical (unpaired) electrons. The molecule has 1 aromatic rings.